The summed E-state index contributed by atoms with van der Waals surface area (Å²) in [5.41, 5.74) is 2.37. The molecule has 0 heterocycles. The number of carbonyl (C=O) groups excluding carboxylic acids is 1. The fourth-order valence-corrected chi connectivity index (χ4v) is 2.55. The summed E-state index contributed by atoms with van der Waals surface area (Å²) in [5.74, 6) is 1.77. The van der Waals surface area contributed by atoms with Crippen LogP contribution in [-0.4, -0.2) is 26.2 Å². The second-order valence-electron chi connectivity index (χ2n) is 5.75. The maximum atomic E-state index is 10.5. The lowest BCUT2D eigenvalue weighted by atomic mass is 10.0. The van der Waals surface area contributed by atoms with E-state index < -0.39 is 0 Å². The first-order valence-electron chi connectivity index (χ1n) is 8.25. The third kappa shape index (κ3) is 5.61. The van der Waals surface area contributed by atoms with Gasteiger partial charge in [0.25, 0.3) is 0 Å². The van der Waals surface area contributed by atoms with Gasteiger partial charge in [-0.2, -0.15) is 0 Å². The summed E-state index contributed by atoms with van der Waals surface area (Å²) in [6.45, 7) is 2.65. The Morgan fingerprint density at radius 3 is 2.50 bits per heavy atom. The summed E-state index contributed by atoms with van der Waals surface area (Å²) in [7, 11) is 1.67. The number of aryl methyl sites for hydroxylation is 2. The smallest absolute Gasteiger partial charge is 0.207 e. The van der Waals surface area contributed by atoms with Crippen LogP contribution >= 0.6 is 0 Å². The Balaban J connectivity index is 1.96. The lowest BCUT2D eigenvalue weighted by molar-refractivity contribution is -0.109. The number of nitrogens with one attached hydrogen (secondary N) is 1. The molecule has 1 unspecified atom stereocenters. The van der Waals surface area contributed by atoms with E-state index in [9.17, 15) is 4.79 Å². The lowest BCUT2D eigenvalue weighted by Gasteiger charge is -2.20. The first-order valence-corrected chi connectivity index (χ1v) is 8.25. The van der Waals surface area contributed by atoms with Crippen molar-refractivity contribution in [3.8, 4) is 11.5 Å². The van der Waals surface area contributed by atoms with Crippen LogP contribution in [0.15, 0.2) is 48.5 Å². The molecule has 2 aromatic carbocycles. The summed E-state index contributed by atoms with van der Waals surface area (Å²) in [6.07, 6.45) is 3.38. The van der Waals surface area contributed by atoms with Crippen LogP contribution < -0.4 is 14.8 Å². The molecule has 0 aliphatic rings. The largest absolute Gasteiger partial charge is 0.497 e. The fraction of sp³-hybridized carbons (Fsp3) is 0.350. The second kappa shape index (κ2) is 9.60. The van der Waals surface area contributed by atoms with E-state index in [0.717, 1.165) is 42.7 Å². The number of amides is 1. The molecule has 4 nitrogen and oxygen atoms in total. The van der Waals surface area contributed by atoms with Gasteiger partial charge in [-0.25, -0.2) is 0 Å². The van der Waals surface area contributed by atoms with Crippen LogP contribution in [0.5, 0.6) is 11.5 Å². The van der Waals surface area contributed by atoms with Crippen LogP contribution in [0.1, 0.15) is 24.0 Å². The van der Waals surface area contributed by atoms with Gasteiger partial charge in [0.1, 0.15) is 17.6 Å². The molecular formula is C20H25NO3. The van der Waals surface area contributed by atoms with Crippen molar-refractivity contribution in [1.29, 1.82) is 0 Å². The van der Waals surface area contributed by atoms with E-state index in [-0.39, 0.29) is 6.10 Å². The van der Waals surface area contributed by atoms with E-state index in [4.69, 9.17) is 9.47 Å². The standard InChI is InChI=1S/C20H25NO3/c1-16-5-3-4-6-20(16)24-19(13-14-21-15-22)12-9-17-7-10-18(23-2)11-8-17/h3-8,10-11,15,19H,9,12-14H2,1-2H3,(H,21,22). The van der Waals surface area contributed by atoms with Crippen LogP contribution in [0.25, 0.3) is 0 Å². The zero-order chi connectivity index (χ0) is 17.2. The highest BCUT2D eigenvalue weighted by Gasteiger charge is 2.12. The van der Waals surface area contributed by atoms with Crippen molar-refractivity contribution in [3.63, 3.8) is 0 Å². The molecule has 0 aliphatic carbocycles. The van der Waals surface area contributed by atoms with E-state index in [0.29, 0.717) is 6.54 Å². The van der Waals surface area contributed by atoms with Crippen LogP contribution in [0, 0.1) is 6.92 Å². The SMILES string of the molecule is COc1ccc(CCC(CCNC=O)Oc2ccccc2C)cc1. The third-order valence-corrected chi connectivity index (χ3v) is 4.00. The first kappa shape index (κ1) is 17.9. The van der Waals surface area contributed by atoms with E-state index >= 15 is 0 Å². The van der Waals surface area contributed by atoms with Gasteiger partial charge in [0.05, 0.1) is 7.11 Å². The van der Waals surface area contributed by atoms with Crippen molar-refractivity contribution in [2.45, 2.75) is 32.3 Å². The van der Waals surface area contributed by atoms with Gasteiger partial charge in [-0.1, -0.05) is 30.3 Å². The molecule has 0 spiro atoms. The van der Waals surface area contributed by atoms with Crippen molar-refractivity contribution >= 4 is 6.41 Å². The molecule has 0 aromatic heterocycles. The average Bonchev–Trinajstić information content (AvgIpc) is 2.62. The van der Waals surface area contributed by atoms with Gasteiger partial charge in [0.15, 0.2) is 0 Å². The zero-order valence-corrected chi connectivity index (χ0v) is 14.3. The molecular weight excluding hydrogens is 302 g/mol. The van der Waals surface area contributed by atoms with Crippen LogP contribution in [-0.2, 0) is 11.2 Å². The maximum Gasteiger partial charge on any atom is 0.207 e. The highest BCUT2D eigenvalue weighted by molar-refractivity contribution is 5.45. The number of rotatable bonds is 10. The highest BCUT2D eigenvalue weighted by Crippen LogP contribution is 2.21. The number of carbonyl (C=O) groups is 1. The minimum absolute atomic E-state index is 0.0562. The number of hydrogen-bond acceptors (Lipinski definition) is 3. The molecule has 1 amide bonds. The Morgan fingerprint density at radius 2 is 1.83 bits per heavy atom. The first-order chi connectivity index (χ1) is 11.7. The molecule has 0 saturated carbocycles. The van der Waals surface area contributed by atoms with Gasteiger partial charge in [0.2, 0.25) is 6.41 Å². The van der Waals surface area contributed by atoms with Gasteiger partial charge < -0.3 is 14.8 Å². The third-order valence-electron chi connectivity index (χ3n) is 4.00. The summed E-state index contributed by atoms with van der Waals surface area (Å²) < 4.78 is 11.4. The molecule has 1 atom stereocenters. The Hall–Kier alpha value is -2.49. The highest BCUT2D eigenvalue weighted by atomic mass is 16.5. The summed E-state index contributed by atoms with van der Waals surface area (Å²) >= 11 is 0. The minimum Gasteiger partial charge on any atom is -0.497 e. The second-order valence-corrected chi connectivity index (χ2v) is 5.75. The van der Waals surface area contributed by atoms with E-state index in [1.807, 2.05) is 43.3 Å². The van der Waals surface area contributed by atoms with E-state index in [1.54, 1.807) is 7.11 Å². The predicted octanol–water partition coefficient (Wildman–Crippen LogP) is 3.52. The summed E-state index contributed by atoms with van der Waals surface area (Å²) in [5, 5.41) is 2.72. The van der Waals surface area contributed by atoms with E-state index in [1.165, 1.54) is 5.56 Å². The number of benzene rings is 2. The molecule has 0 bridgehead atoms. The van der Waals surface area contributed by atoms with Gasteiger partial charge in [-0.05, 0) is 49.1 Å². The van der Waals surface area contributed by atoms with E-state index in [2.05, 4.69) is 17.4 Å². The van der Waals surface area contributed by atoms with Gasteiger partial charge in [-0.15, -0.1) is 0 Å². The van der Waals surface area contributed by atoms with Crippen molar-refractivity contribution in [3.05, 3.63) is 59.7 Å². The van der Waals surface area contributed by atoms with Gasteiger partial charge in [-0.3, -0.25) is 4.79 Å². The Bertz CT molecular complexity index is 625. The molecule has 4 heteroatoms. The lowest BCUT2D eigenvalue weighted by Crippen LogP contribution is -2.24. The van der Waals surface area contributed by atoms with Crippen molar-refractivity contribution < 1.29 is 14.3 Å². The molecule has 128 valence electrons. The predicted molar refractivity (Wildman–Crippen MR) is 95.6 cm³/mol. The number of para-hydroxylation sites is 1. The fourth-order valence-electron chi connectivity index (χ4n) is 2.55. The maximum absolute atomic E-state index is 10.5. The molecule has 0 fully saturated rings. The van der Waals surface area contributed by atoms with Crippen molar-refractivity contribution in [2.24, 2.45) is 0 Å². The normalized spacial score (nSPS) is 11.6. The number of hydrogen-bond donors (Lipinski definition) is 1. The Kier molecular flexibility index (Phi) is 7.15. The molecule has 0 saturated heterocycles. The quantitative estimate of drug-likeness (QED) is 0.536. The monoisotopic (exact) mass is 327 g/mol. The Labute approximate surface area is 143 Å². The van der Waals surface area contributed by atoms with Crippen LogP contribution in [0.2, 0.25) is 0 Å². The number of methoxy groups -OCH3 is 1. The van der Waals surface area contributed by atoms with Crippen LogP contribution in [0.3, 0.4) is 0 Å². The molecule has 0 aliphatic heterocycles. The van der Waals surface area contributed by atoms with Gasteiger partial charge in [0, 0.05) is 13.0 Å². The number of ether oxygens (including phenoxy) is 2. The molecule has 24 heavy (non-hydrogen) atoms. The topological polar surface area (TPSA) is 47.6 Å². The summed E-state index contributed by atoms with van der Waals surface area (Å²) in [4.78, 5) is 10.5. The minimum atomic E-state index is 0.0562. The van der Waals surface area contributed by atoms with Crippen molar-refractivity contribution in [2.75, 3.05) is 13.7 Å². The van der Waals surface area contributed by atoms with Crippen LogP contribution in [0.4, 0.5) is 0 Å². The Morgan fingerprint density at radius 1 is 1.08 bits per heavy atom. The molecule has 2 rings (SSSR count). The zero-order valence-electron chi connectivity index (χ0n) is 14.3. The average molecular weight is 327 g/mol. The molecule has 1 N–H and O–H groups in total. The van der Waals surface area contributed by atoms with Crippen molar-refractivity contribution in [1.82, 2.24) is 5.32 Å². The molecule has 2 aromatic rings. The molecule has 0 radical (unpaired) electrons. The van der Waals surface area contributed by atoms with Gasteiger partial charge >= 0.3 is 0 Å². The summed E-state index contributed by atoms with van der Waals surface area (Å²) in [6, 6.07) is 16.1.